The van der Waals surface area contributed by atoms with Crippen LogP contribution in [0.25, 0.3) is 0 Å². The van der Waals surface area contributed by atoms with E-state index in [0.29, 0.717) is 12.3 Å². The summed E-state index contributed by atoms with van der Waals surface area (Å²) in [6.07, 6.45) is 4.14. The Morgan fingerprint density at radius 2 is 1.64 bits per heavy atom. The molecule has 0 aromatic heterocycles. The minimum atomic E-state index is -3.77. The molecule has 14 heavy (non-hydrogen) atoms. The van der Waals surface area contributed by atoms with Gasteiger partial charge in [-0.3, -0.25) is 4.57 Å². The van der Waals surface area contributed by atoms with E-state index in [1.807, 2.05) is 0 Å². The van der Waals surface area contributed by atoms with Crippen LogP contribution in [0.3, 0.4) is 0 Å². The van der Waals surface area contributed by atoms with Crippen molar-refractivity contribution in [1.29, 1.82) is 0 Å². The molecular formula is C10H23O3P. The summed E-state index contributed by atoms with van der Waals surface area (Å²) in [5.74, 6) is 1.16. The van der Waals surface area contributed by atoms with Crippen molar-refractivity contribution in [3.8, 4) is 0 Å². The fourth-order valence-corrected chi connectivity index (χ4v) is 2.18. The van der Waals surface area contributed by atoms with Crippen LogP contribution >= 0.6 is 7.60 Å². The Kier molecular flexibility index (Phi) is 6.67. The summed E-state index contributed by atoms with van der Waals surface area (Å²) in [7, 11) is -3.77. The van der Waals surface area contributed by atoms with Crippen LogP contribution in [0.1, 0.15) is 46.5 Å². The Hall–Kier alpha value is 0.150. The maximum atomic E-state index is 10.6. The van der Waals surface area contributed by atoms with E-state index in [1.54, 1.807) is 0 Å². The monoisotopic (exact) mass is 222 g/mol. The van der Waals surface area contributed by atoms with Gasteiger partial charge < -0.3 is 9.79 Å². The van der Waals surface area contributed by atoms with E-state index in [2.05, 4.69) is 20.8 Å². The van der Waals surface area contributed by atoms with E-state index in [9.17, 15) is 4.57 Å². The first-order valence-electron chi connectivity index (χ1n) is 5.36. The van der Waals surface area contributed by atoms with E-state index >= 15 is 0 Å². The van der Waals surface area contributed by atoms with Crippen LogP contribution in [0.2, 0.25) is 0 Å². The summed E-state index contributed by atoms with van der Waals surface area (Å²) in [4.78, 5) is 17.4. The standard InChI is InChI=1S/C10H23O3P/c1-9(2)5-4-6-10(3)7-8-14(11,12)13/h9-10H,4-8H2,1-3H3,(H2,11,12,13)/t10-/m0/s1. The summed E-state index contributed by atoms with van der Waals surface area (Å²) in [6.45, 7) is 6.45. The molecule has 86 valence electrons. The highest BCUT2D eigenvalue weighted by Gasteiger charge is 2.14. The Balaban J connectivity index is 3.46. The highest BCUT2D eigenvalue weighted by molar-refractivity contribution is 7.51. The maximum absolute atomic E-state index is 10.6. The molecule has 4 heteroatoms. The molecule has 0 rings (SSSR count). The van der Waals surface area contributed by atoms with Crippen molar-refractivity contribution in [3.05, 3.63) is 0 Å². The van der Waals surface area contributed by atoms with E-state index in [1.165, 1.54) is 12.8 Å². The molecule has 0 aliphatic carbocycles. The van der Waals surface area contributed by atoms with Crippen molar-refractivity contribution < 1.29 is 14.4 Å². The van der Waals surface area contributed by atoms with Gasteiger partial charge in [0.2, 0.25) is 0 Å². The predicted octanol–water partition coefficient (Wildman–Crippen LogP) is 3.02. The van der Waals surface area contributed by atoms with Gasteiger partial charge in [-0.15, -0.1) is 0 Å². The Morgan fingerprint density at radius 3 is 2.07 bits per heavy atom. The van der Waals surface area contributed by atoms with Crippen molar-refractivity contribution in [1.82, 2.24) is 0 Å². The largest absolute Gasteiger partial charge is 0.325 e. The van der Waals surface area contributed by atoms with Crippen LogP contribution in [-0.4, -0.2) is 15.9 Å². The highest BCUT2D eigenvalue weighted by Crippen LogP contribution is 2.36. The van der Waals surface area contributed by atoms with E-state index in [4.69, 9.17) is 9.79 Å². The van der Waals surface area contributed by atoms with Crippen LogP contribution in [0.15, 0.2) is 0 Å². The first-order valence-corrected chi connectivity index (χ1v) is 7.15. The van der Waals surface area contributed by atoms with Crippen molar-refractivity contribution in [2.45, 2.75) is 46.5 Å². The molecule has 0 spiro atoms. The molecule has 0 aromatic carbocycles. The van der Waals surface area contributed by atoms with Gasteiger partial charge in [0.1, 0.15) is 0 Å². The molecule has 0 bridgehead atoms. The summed E-state index contributed by atoms with van der Waals surface area (Å²) in [5, 5.41) is 0. The summed E-state index contributed by atoms with van der Waals surface area (Å²) >= 11 is 0. The molecule has 0 saturated heterocycles. The lowest BCUT2D eigenvalue weighted by Gasteiger charge is -2.12. The lowest BCUT2D eigenvalue weighted by molar-refractivity contribution is 0.362. The van der Waals surface area contributed by atoms with Crippen LogP contribution in [0.5, 0.6) is 0 Å². The summed E-state index contributed by atoms with van der Waals surface area (Å²) in [6, 6.07) is 0. The molecule has 0 heterocycles. The van der Waals surface area contributed by atoms with Gasteiger partial charge in [0.05, 0.1) is 6.16 Å². The molecule has 0 radical (unpaired) electrons. The Morgan fingerprint density at radius 1 is 1.07 bits per heavy atom. The molecule has 0 aliphatic rings. The van der Waals surface area contributed by atoms with Crippen molar-refractivity contribution >= 4 is 7.60 Å². The van der Waals surface area contributed by atoms with Gasteiger partial charge in [-0.25, -0.2) is 0 Å². The van der Waals surface area contributed by atoms with Crippen LogP contribution in [0, 0.1) is 11.8 Å². The quantitative estimate of drug-likeness (QED) is 0.651. The third-order valence-electron chi connectivity index (χ3n) is 2.39. The zero-order chi connectivity index (χ0) is 11.2. The average molecular weight is 222 g/mol. The summed E-state index contributed by atoms with van der Waals surface area (Å²) in [5.41, 5.74) is 0. The van der Waals surface area contributed by atoms with Crippen LogP contribution in [-0.2, 0) is 4.57 Å². The zero-order valence-electron chi connectivity index (χ0n) is 9.44. The van der Waals surface area contributed by atoms with Crippen LogP contribution < -0.4 is 0 Å². The van der Waals surface area contributed by atoms with E-state index in [0.717, 1.165) is 12.3 Å². The second kappa shape index (κ2) is 6.60. The highest BCUT2D eigenvalue weighted by atomic mass is 31.2. The third kappa shape index (κ3) is 10.2. The summed E-state index contributed by atoms with van der Waals surface area (Å²) < 4.78 is 10.6. The Bertz CT molecular complexity index is 186. The number of rotatable bonds is 7. The smallest absolute Gasteiger partial charge is 0.324 e. The fraction of sp³-hybridized carbons (Fsp3) is 1.00. The number of hydrogen-bond acceptors (Lipinski definition) is 1. The van der Waals surface area contributed by atoms with Gasteiger partial charge in [0, 0.05) is 0 Å². The third-order valence-corrected chi connectivity index (χ3v) is 3.23. The van der Waals surface area contributed by atoms with Gasteiger partial charge >= 0.3 is 7.60 Å². The molecule has 2 N–H and O–H groups in total. The normalized spacial score (nSPS) is 14.7. The maximum Gasteiger partial charge on any atom is 0.325 e. The number of hydrogen-bond donors (Lipinski definition) is 2. The first-order chi connectivity index (χ1) is 6.31. The molecule has 0 amide bonds. The molecular weight excluding hydrogens is 199 g/mol. The van der Waals surface area contributed by atoms with Crippen LogP contribution in [0.4, 0.5) is 0 Å². The van der Waals surface area contributed by atoms with E-state index < -0.39 is 7.60 Å². The second-order valence-electron chi connectivity index (χ2n) is 4.61. The topological polar surface area (TPSA) is 57.5 Å². The van der Waals surface area contributed by atoms with Gasteiger partial charge in [-0.05, 0) is 18.3 Å². The lowest BCUT2D eigenvalue weighted by Crippen LogP contribution is -2.00. The first kappa shape index (κ1) is 14.2. The lowest BCUT2D eigenvalue weighted by atomic mass is 9.98. The minimum absolute atomic E-state index is 0.0375. The van der Waals surface area contributed by atoms with Gasteiger partial charge in [0.15, 0.2) is 0 Å². The molecule has 0 aliphatic heterocycles. The molecule has 0 unspecified atom stereocenters. The van der Waals surface area contributed by atoms with Gasteiger partial charge in [0.25, 0.3) is 0 Å². The predicted molar refractivity (Wildman–Crippen MR) is 59.4 cm³/mol. The Labute approximate surface area is 87.1 Å². The molecule has 0 saturated carbocycles. The zero-order valence-corrected chi connectivity index (χ0v) is 10.3. The fourth-order valence-electron chi connectivity index (χ4n) is 1.41. The molecule has 0 aromatic rings. The molecule has 3 nitrogen and oxygen atoms in total. The molecule has 1 atom stereocenters. The van der Waals surface area contributed by atoms with E-state index in [-0.39, 0.29) is 6.16 Å². The van der Waals surface area contributed by atoms with Crippen molar-refractivity contribution in [3.63, 3.8) is 0 Å². The molecule has 0 fully saturated rings. The van der Waals surface area contributed by atoms with Crippen molar-refractivity contribution in [2.75, 3.05) is 6.16 Å². The van der Waals surface area contributed by atoms with Gasteiger partial charge in [-0.1, -0.05) is 40.0 Å². The SMILES string of the molecule is CC(C)CCC[C@H](C)CCP(=O)(O)O. The minimum Gasteiger partial charge on any atom is -0.324 e. The van der Waals surface area contributed by atoms with Crippen molar-refractivity contribution in [2.24, 2.45) is 11.8 Å². The second-order valence-corrected chi connectivity index (χ2v) is 6.38. The van der Waals surface area contributed by atoms with Gasteiger partial charge in [-0.2, -0.15) is 0 Å². The average Bonchev–Trinajstić information content (AvgIpc) is 1.99.